The molecule has 1 aromatic heterocycles. The van der Waals surface area contributed by atoms with Crippen molar-refractivity contribution < 1.29 is 14.7 Å². The fourth-order valence-corrected chi connectivity index (χ4v) is 1.91. The molecule has 20 heavy (non-hydrogen) atoms. The minimum absolute atomic E-state index is 0.0904. The van der Waals surface area contributed by atoms with Gasteiger partial charge in [-0.1, -0.05) is 0 Å². The van der Waals surface area contributed by atoms with Crippen LogP contribution in [0.3, 0.4) is 0 Å². The number of nitrogens with one attached hydrogen (secondary N) is 1. The zero-order valence-electron chi connectivity index (χ0n) is 12.3. The lowest BCUT2D eigenvalue weighted by Crippen LogP contribution is -2.43. The number of aliphatic hydroxyl groups is 1. The molecule has 0 saturated carbocycles. The molecule has 0 aliphatic heterocycles. The lowest BCUT2D eigenvalue weighted by molar-refractivity contribution is -0.121. The van der Waals surface area contributed by atoms with Gasteiger partial charge in [-0.3, -0.25) is 19.8 Å². The second-order valence-corrected chi connectivity index (χ2v) is 5.02. The molecule has 0 spiro atoms. The van der Waals surface area contributed by atoms with Crippen molar-refractivity contribution in [1.29, 1.82) is 0 Å². The molecular formula is C14H23N3O3. The zero-order chi connectivity index (χ0) is 15.1. The number of nitrogens with zero attached hydrogens (tertiary/aromatic N) is 2. The molecule has 112 valence electrons. The molecule has 0 aromatic carbocycles. The van der Waals surface area contributed by atoms with Gasteiger partial charge in [-0.25, -0.2) is 0 Å². The van der Waals surface area contributed by atoms with E-state index >= 15 is 0 Å². The minimum atomic E-state index is -0.395. The number of hydrogen-bond donors (Lipinski definition) is 2. The van der Waals surface area contributed by atoms with Crippen LogP contribution in [-0.4, -0.2) is 52.1 Å². The minimum Gasteiger partial charge on any atom is -0.396 e. The van der Waals surface area contributed by atoms with Crippen LogP contribution in [-0.2, 0) is 11.8 Å². The summed E-state index contributed by atoms with van der Waals surface area (Å²) in [7, 11) is 1.75. The van der Waals surface area contributed by atoms with Gasteiger partial charge in [0, 0.05) is 32.4 Å². The van der Waals surface area contributed by atoms with Gasteiger partial charge in [-0.15, -0.1) is 0 Å². The van der Waals surface area contributed by atoms with E-state index in [4.69, 9.17) is 5.11 Å². The molecule has 2 N–H and O–H groups in total. The highest BCUT2D eigenvalue weighted by Gasteiger charge is 2.17. The Bertz CT molecular complexity index is 454. The standard InChI is InChI=1S/C14H23N3O3/c1-11(2)17(8-5-9-18)10-13(19)15-14(20)12-6-4-7-16(12)3/h4,6-7,11,18H,5,8-10H2,1-3H3,(H,15,19,20). The number of imide groups is 1. The third-order valence-corrected chi connectivity index (χ3v) is 3.11. The average molecular weight is 281 g/mol. The summed E-state index contributed by atoms with van der Waals surface area (Å²) in [5.41, 5.74) is 0.449. The van der Waals surface area contributed by atoms with Gasteiger partial charge in [-0.2, -0.15) is 0 Å². The van der Waals surface area contributed by atoms with E-state index in [9.17, 15) is 9.59 Å². The highest BCUT2D eigenvalue weighted by atomic mass is 16.3. The molecule has 1 heterocycles. The first kappa shape index (κ1) is 16.4. The van der Waals surface area contributed by atoms with Crippen LogP contribution in [0.15, 0.2) is 18.3 Å². The largest absolute Gasteiger partial charge is 0.396 e. The van der Waals surface area contributed by atoms with E-state index in [2.05, 4.69) is 5.32 Å². The Hall–Kier alpha value is -1.66. The Morgan fingerprint density at radius 3 is 2.65 bits per heavy atom. The third kappa shape index (κ3) is 4.79. The van der Waals surface area contributed by atoms with Crippen molar-refractivity contribution in [3.05, 3.63) is 24.0 Å². The topological polar surface area (TPSA) is 74.6 Å². The molecular weight excluding hydrogens is 258 g/mol. The molecule has 0 atom stereocenters. The normalized spacial score (nSPS) is 11.1. The summed E-state index contributed by atoms with van der Waals surface area (Å²) in [6, 6.07) is 3.59. The van der Waals surface area contributed by atoms with Crippen LogP contribution < -0.4 is 5.32 Å². The molecule has 0 fully saturated rings. The molecule has 0 unspecified atom stereocenters. The smallest absolute Gasteiger partial charge is 0.274 e. The number of aliphatic hydroxyl groups excluding tert-OH is 1. The van der Waals surface area contributed by atoms with E-state index in [-0.39, 0.29) is 25.1 Å². The summed E-state index contributed by atoms with van der Waals surface area (Å²) < 4.78 is 1.66. The summed E-state index contributed by atoms with van der Waals surface area (Å²) >= 11 is 0. The maximum absolute atomic E-state index is 11.9. The second kappa shape index (κ2) is 7.81. The van der Waals surface area contributed by atoms with Crippen LogP contribution in [0.4, 0.5) is 0 Å². The Kier molecular flexibility index (Phi) is 6.41. The third-order valence-electron chi connectivity index (χ3n) is 3.11. The van der Waals surface area contributed by atoms with Crippen LogP contribution >= 0.6 is 0 Å². The van der Waals surface area contributed by atoms with Gasteiger partial charge in [0.05, 0.1) is 6.54 Å². The fourth-order valence-electron chi connectivity index (χ4n) is 1.91. The van der Waals surface area contributed by atoms with Crippen molar-refractivity contribution in [2.75, 3.05) is 19.7 Å². The Balaban J connectivity index is 2.53. The van der Waals surface area contributed by atoms with E-state index < -0.39 is 5.91 Å². The molecule has 1 rings (SSSR count). The van der Waals surface area contributed by atoms with Gasteiger partial charge in [0.1, 0.15) is 5.69 Å². The van der Waals surface area contributed by atoms with Crippen molar-refractivity contribution in [2.45, 2.75) is 26.3 Å². The summed E-state index contributed by atoms with van der Waals surface area (Å²) in [5.74, 6) is -0.726. The van der Waals surface area contributed by atoms with Crippen molar-refractivity contribution in [3.63, 3.8) is 0 Å². The van der Waals surface area contributed by atoms with Gasteiger partial charge >= 0.3 is 0 Å². The number of aryl methyl sites for hydroxylation is 1. The Labute approximate surface area is 119 Å². The van der Waals surface area contributed by atoms with Crippen molar-refractivity contribution >= 4 is 11.8 Å². The monoisotopic (exact) mass is 281 g/mol. The number of hydrogen-bond acceptors (Lipinski definition) is 4. The van der Waals surface area contributed by atoms with E-state index in [1.807, 2.05) is 18.7 Å². The van der Waals surface area contributed by atoms with E-state index in [0.717, 1.165) is 0 Å². The zero-order valence-corrected chi connectivity index (χ0v) is 12.3. The number of amides is 2. The summed E-state index contributed by atoms with van der Waals surface area (Å²) in [6.07, 6.45) is 2.36. The maximum Gasteiger partial charge on any atom is 0.274 e. The van der Waals surface area contributed by atoms with Gasteiger partial charge in [0.25, 0.3) is 5.91 Å². The van der Waals surface area contributed by atoms with E-state index in [1.165, 1.54) is 0 Å². The molecule has 1 aromatic rings. The fraction of sp³-hybridized carbons (Fsp3) is 0.571. The maximum atomic E-state index is 11.9. The van der Waals surface area contributed by atoms with Crippen LogP contribution in [0.1, 0.15) is 30.8 Å². The van der Waals surface area contributed by atoms with Crippen molar-refractivity contribution in [2.24, 2.45) is 7.05 Å². The Morgan fingerprint density at radius 1 is 1.45 bits per heavy atom. The summed E-state index contributed by atoms with van der Waals surface area (Å²) in [5, 5.41) is 11.2. The first-order valence-corrected chi connectivity index (χ1v) is 6.76. The first-order chi connectivity index (χ1) is 9.45. The second-order valence-electron chi connectivity index (χ2n) is 5.02. The van der Waals surface area contributed by atoms with E-state index in [0.29, 0.717) is 18.7 Å². The number of rotatable bonds is 7. The van der Waals surface area contributed by atoms with Crippen molar-refractivity contribution in [1.82, 2.24) is 14.8 Å². The summed E-state index contributed by atoms with van der Waals surface area (Å²) in [6.45, 7) is 4.81. The highest BCUT2D eigenvalue weighted by Crippen LogP contribution is 2.01. The Morgan fingerprint density at radius 2 is 2.15 bits per heavy atom. The molecule has 0 saturated heterocycles. The lowest BCUT2D eigenvalue weighted by Gasteiger charge is -2.25. The lowest BCUT2D eigenvalue weighted by atomic mass is 10.2. The molecule has 0 radical (unpaired) electrons. The van der Waals surface area contributed by atoms with Gasteiger partial charge < -0.3 is 9.67 Å². The van der Waals surface area contributed by atoms with Gasteiger partial charge in [0.2, 0.25) is 5.91 Å². The molecule has 0 aliphatic rings. The predicted molar refractivity (Wildman–Crippen MR) is 76.3 cm³/mol. The summed E-state index contributed by atoms with van der Waals surface area (Å²) in [4.78, 5) is 25.7. The number of aromatic nitrogens is 1. The van der Waals surface area contributed by atoms with Crippen LogP contribution in [0.5, 0.6) is 0 Å². The van der Waals surface area contributed by atoms with Crippen LogP contribution in [0.25, 0.3) is 0 Å². The molecule has 6 nitrogen and oxygen atoms in total. The molecule has 0 bridgehead atoms. The highest BCUT2D eigenvalue weighted by molar-refractivity contribution is 6.04. The molecule has 6 heteroatoms. The first-order valence-electron chi connectivity index (χ1n) is 6.76. The number of carbonyl (C=O) groups is 2. The van der Waals surface area contributed by atoms with Crippen molar-refractivity contribution in [3.8, 4) is 0 Å². The van der Waals surface area contributed by atoms with Gasteiger partial charge in [-0.05, 0) is 32.4 Å². The predicted octanol–water partition coefficient (Wildman–Crippen LogP) is 0.374. The van der Waals surface area contributed by atoms with E-state index in [1.54, 1.807) is 29.9 Å². The SMILES string of the molecule is CC(C)N(CCCO)CC(=O)NC(=O)c1cccn1C. The molecule has 2 amide bonds. The number of carbonyl (C=O) groups excluding carboxylic acids is 2. The molecule has 0 aliphatic carbocycles. The van der Waals surface area contributed by atoms with Crippen LogP contribution in [0, 0.1) is 0 Å². The average Bonchev–Trinajstić information content (AvgIpc) is 2.80. The quantitative estimate of drug-likeness (QED) is 0.757. The van der Waals surface area contributed by atoms with Gasteiger partial charge in [0.15, 0.2) is 0 Å². The van der Waals surface area contributed by atoms with Crippen LogP contribution in [0.2, 0.25) is 0 Å².